The van der Waals surface area contributed by atoms with Gasteiger partial charge in [-0.15, -0.1) is 0 Å². The molecule has 0 aliphatic carbocycles. The molecule has 0 aromatic heterocycles. The molecule has 0 saturated heterocycles. The molecular formula is C15H24O4S. The zero-order chi connectivity index (χ0) is 14.8. The molecule has 0 atom stereocenters. The average Bonchev–Trinajstić information content (AvgIpc) is 2.49. The van der Waals surface area contributed by atoms with Crippen molar-refractivity contribution in [2.24, 2.45) is 0 Å². The highest BCUT2D eigenvalue weighted by Crippen LogP contribution is 2.40. The van der Waals surface area contributed by atoms with E-state index in [9.17, 15) is 0 Å². The van der Waals surface area contributed by atoms with E-state index in [4.69, 9.17) is 18.9 Å². The Hall–Kier alpha value is -1.23. The van der Waals surface area contributed by atoms with Gasteiger partial charge in [0.2, 0.25) is 5.75 Å². The first kappa shape index (κ1) is 16.8. The molecule has 0 unspecified atom stereocenters. The van der Waals surface area contributed by atoms with E-state index < -0.39 is 0 Å². The zero-order valence-electron chi connectivity index (χ0n) is 12.5. The predicted octanol–water partition coefficient (Wildman–Crippen LogP) is 3.58. The molecule has 0 radical (unpaired) electrons. The maximum Gasteiger partial charge on any atom is 0.203 e. The van der Waals surface area contributed by atoms with Crippen LogP contribution in [0.4, 0.5) is 0 Å². The van der Waals surface area contributed by atoms with Gasteiger partial charge in [-0.1, -0.05) is 12.8 Å². The van der Waals surface area contributed by atoms with E-state index in [-0.39, 0.29) is 0 Å². The fraction of sp³-hybridized carbons (Fsp3) is 0.600. The topological polar surface area (TPSA) is 36.9 Å². The third-order valence-electron chi connectivity index (χ3n) is 2.96. The molecule has 0 amide bonds. The van der Waals surface area contributed by atoms with Crippen LogP contribution in [-0.4, -0.2) is 33.7 Å². The summed E-state index contributed by atoms with van der Waals surface area (Å²) >= 11 is 4.19. The van der Waals surface area contributed by atoms with Crippen LogP contribution in [0.5, 0.6) is 23.0 Å². The van der Waals surface area contributed by atoms with Crippen LogP contribution in [0.3, 0.4) is 0 Å². The summed E-state index contributed by atoms with van der Waals surface area (Å²) in [7, 11) is 4.78. The lowest BCUT2D eigenvalue weighted by Gasteiger charge is -2.14. The van der Waals surface area contributed by atoms with Gasteiger partial charge in [-0.3, -0.25) is 0 Å². The standard InChI is InChI=1S/C15H24O4S/c1-16-13-10-12(11-14(17-2)15(13)18-3)19-8-6-4-5-7-9-20/h10-11,20H,4-9H2,1-3H3. The number of thiol groups is 1. The highest BCUT2D eigenvalue weighted by Gasteiger charge is 2.13. The monoisotopic (exact) mass is 300 g/mol. The van der Waals surface area contributed by atoms with Crippen LogP contribution < -0.4 is 18.9 Å². The van der Waals surface area contributed by atoms with Gasteiger partial charge in [-0.25, -0.2) is 0 Å². The molecule has 1 rings (SSSR count). The van der Waals surface area contributed by atoms with Crippen LogP contribution >= 0.6 is 12.6 Å². The van der Waals surface area contributed by atoms with Crippen molar-refractivity contribution in [3.8, 4) is 23.0 Å². The Kier molecular flexibility index (Phi) is 8.11. The van der Waals surface area contributed by atoms with Crippen molar-refractivity contribution in [3.63, 3.8) is 0 Å². The van der Waals surface area contributed by atoms with Crippen LogP contribution in [-0.2, 0) is 0 Å². The minimum absolute atomic E-state index is 0.580. The normalized spacial score (nSPS) is 10.2. The van der Waals surface area contributed by atoms with Gasteiger partial charge in [0, 0.05) is 12.1 Å². The number of rotatable bonds is 10. The van der Waals surface area contributed by atoms with Crippen LogP contribution in [0, 0.1) is 0 Å². The Bertz CT molecular complexity index is 370. The van der Waals surface area contributed by atoms with Gasteiger partial charge < -0.3 is 18.9 Å². The summed E-state index contributed by atoms with van der Waals surface area (Å²) in [6, 6.07) is 3.63. The van der Waals surface area contributed by atoms with E-state index in [1.165, 1.54) is 6.42 Å². The van der Waals surface area contributed by atoms with Gasteiger partial charge in [0.25, 0.3) is 0 Å². The van der Waals surface area contributed by atoms with Crippen molar-refractivity contribution in [1.29, 1.82) is 0 Å². The Morgan fingerprint density at radius 1 is 0.850 bits per heavy atom. The molecule has 0 spiro atoms. The molecule has 1 aromatic rings. The highest BCUT2D eigenvalue weighted by atomic mass is 32.1. The zero-order valence-corrected chi connectivity index (χ0v) is 13.4. The Morgan fingerprint density at radius 3 is 1.95 bits per heavy atom. The Labute approximate surface area is 126 Å². The summed E-state index contributed by atoms with van der Waals surface area (Å²) in [5, 5.41) is 0. The second kappa shape index (κ2) is 9.64. The fourth-order valence-electron chi connectivity index (χ4n) is 1.90. The molecule has 4 nitrogen and oxygen atoms in total. The van der Waals surface area contributed by atoms with E-state index in [0.29, 0.717) is 23.9 Å². The average molecular weight is 300 g/mol. The molecule has 0 bridgehead atoms. The number of ether oxygens (including phenoxy) is 4. The number of hydrogen-bond acceptors (Lipinski definition) is 5. The first-order valence-corrected chi connectivity index (χ1v) is 7.43. The van der Waals surface area contributed by atoms with Gasteiger partial charge in [0.05, 0.1) is 27.9 Å². The minimum atomic E-state index is 0.580. The number of methoxy groups -OCH3 is 3. The first-order chi connectivity index (χ1) is 9.76. The van der Waals surface area contributed by atoms with E-state index in [1.807, 2.05) is 12.1 Å². The van der Waals surface area contributed by atoms with Crippen molar-refractivity contribution in [3.05, 3.63) is 12.1 Å². The van der Waals surface area contributed by atoms with Crippen molar-refractivity contribution < 1.29 is 18.9 Å². The smallest absolute Gasteiger partial charge is 0.203 e. The molecular weight excluding hydrogens is 276 g/mol. The van der Waals surface area contributed by atoms with Crippen LogP contribution in [0.2, 0.25) is 0 Å². The van der Waals surface area contributed by atoms with E-state index >= 15 is 0 Å². The molecule has 0 fully saturated rings. The summed E-state index contributed by atoms with van der Waals surface area (Å²) < 4.78 is 21.6. The molecule has 1 aromatic carbocycles. The van der Waals surface area contributed by atoms with E-state index in [1.54, 1.807) is 21.3 Å². The lowest BCUT2D eigenvalue weighted by Crippen LogP contribution is -2.00. The molecule has 0 saturated carbocycles. The predicted molar refractivity (Wildman–Crippen MR) is 83.9 cm³/mol. The number of benzene rings is 1. The lowest BCUT2D eigenvalue weighted by molar-refractivity contribution is 0.291. The van der Waals surface area contributed by atoms with Crippen molar-refractivity contribution >= 4 is 12.6 Å². The summed E-state index contributed by atoms with van der Waals surface area (Å²) in [6.07, 6.45) is 4.55. The van der Waals surface area contributed by atoms with Gasteiger partial charge in [0.1, 0.15) is 5.75 Å². The van der Waals surface area contributed by atoms with Gasteiger partial charge >= 0.3 is 0 Å². The van der Waals surface area contributed by atoms with Crippen LogP contribution in [0.1, 0.15) is 25.7 Å². The van der Waals surface area contributed by atoms with Gasteiger partial charge in [-0.05, 0) is 18.6 Å². The third-order valence-corrected chi connectivity index (χ3v) is 3.28. The summed E-state index contributed by atoms with van der Waals surface area (Å²) in [5.41, 5.74) is 0. The van der Waals surface area contributed by atoms with Crippen molar-refractivity contribution in [2.75, 3.05) is 33.7 Å². The summed E-state index contributed by atoms with van der Waals surface area (Å²) in [4.78, 5) is 0. The van der Waals surface area contributed by atoms with Gasteiger partial charge in [0.15, 0.2) is 11.5 Å². The van der Waals surface area contributed by atoms with Crippen molar-refractivity contribution in [1.82, 2.24) is 0 Å². The SMILES string of the molecule is COc1cc(OCCCCCCS)cc(OC)c1OC. The summed E-state index contributed by atoms with van der Waals surface area (Å²) in [5.74, 6) is 3.48. The van der Waals surface area contributed by atoms with Crippen molar-refractivity contribution in [2.45, 2.75) is 25.7 Å². The van der Waals surface area contributed by atoms with Crippen LogP contribution in [0.15, 0.2) is 12.1 Å². The molecule has 20 heavy (non-hydrogen) atoms. The molecule has 5 heteroatoms. The molecule has 0 aliphatic heterocycles. The number of hydrogen-bond donors (Lipinski definition) is 1. The van der Waals surface area contributed by atoms with E-state index in [2.05, 4.69) is 12.6 Å². The Morgan fingerprint density at radius 2 is 1.45 bits per heavy atom. The fourth-order valence-corrected chi connectivity index (χ4v) is 2.12. The summed E-state index contributed by atoms with van der Waals surface area (Å²) in [6.45, 7) is 0.686. The minimum Gasteiger partial charge on any atom is -0.493 e. The third kappa shape index (κ3) is 5.04. The molecule has 0 heterocycles. The first-order valence-electron chi connectivity index (χ1n) is 6.80. The van der Waals surface area contributed by atoms with Gasteiger partial charge in [-0.2, -0.15) is 12.6 Å². The maximum absolute atomic E-state index is 5.74. The molecule has 114 valence electrons. The largest absolute Gasteiger partial charge is 0.493 e. The highest BCUT2D eigenvalue weighted by molar-refractivity contribution is 7.80. The molecule has 0 N–H and O–H groups in total. The maximum atomic E-state index is 5.74. The molecule has 0 aliphatic rings. The second-order valence-electron chi connectivity index (χ2n) is 4.35. The Balaban J connectivity index is 2.57. The number of unbranched alkanes of at least 4 members (excludes halogenated alkanes) is 3. The second-order valence-corrected chi connectivity index (χ2v) is 4.79. The van der Waals surface area contributed by atoms with E-state index in [0.717, 1.165) is 30.8 Å². The lowest BCUT2D eigenvalue weighted by atomic mass is 10.2. The van der Waals surface area contributed by atoms with Crippen LogP contribution in [0.25, 0.3) is 0 Å². The quantitative estimate of drug-likeness (QED) is 0.529.